The Balaban J connectivity index is 2.58. The molecule has 3 heteroatoms. The molecule has 0 N–H and O–H groups in total. The van der Waals surface area contributed by atoms with Gasteiger partial charge in [-0.1, -0.05) is 42.5 Å². The first-order valence-electron chi connectivity index (χ1n) is 4.56. The molecule has 2 aromatic carbocycles. The lowest BCUT2D eigenvalue weighted by molar-refractivity contribution is 0.600. The van der Waals surface area contributed by atoms with Gasteiger partial charge < -0.3 is 0 Å². The van der Waals surface area contributed by atoms with Gasteiger partial charge in [0.1, 0.15) is 0 Å². The van der Waals surface area contributed by atoms with Crippen LogP contribution in [0.15, 0.2) is 54.6 Å². The summed E-state index contributed by atoms with van der Waals surface area (Å²) in [5.41, 5.74) is 1.98. The van der Waals surface area contributed by atoms with E-state index in [-0.39, 0.29) is 0 Å². The lowest BCUT2D eigenvalue weighted by Crippen LogP contribution is -1.98. The molecule has 1 atom stereocenters. The lowest BCUT2D eigenvalue weighted by Gasteiger charge is -1.99. The smallest absolute Gasteiger partial charge is 0.0622 e. The summed E-state index contributed by atoms with van der Waals surface area (Å²) in [6, 6.07) is 17.3. The van der Waals surface area contributed by atoms with Crippen LogP contribution in [0.3, 0.4) is 0 Å². The van der Waals surface area contributed by atoms with Crippen molar-refractivity contribution in [3.05, 3.63) is 54.6 Å². The third kappa shape index (κ3) is 2.26. The Labute approximate surface area is 94.3 Å². The van der Waals surface area contributed by atoms with E-state index in [0.717, 1.165) is 11.1 Å². The summed E-state index contributed by atoms with van der Waals surface area (Å²) in [6.07, 6.45) is 0. The van der Waals surface area contributed by atoms with Crippen LogP contribution in [0.1, 0.15) is 0 Å². The minimum absolute atomic E-state index is 0.695. The molecule has 0 aliphatic heterocycles. The molecule has 2 rings (SSSR count). The summed E-state index contributed by atoms with van der Waals surface area (Å²) in [7, 11) is -1.82. The van der Waals surface area contributed by atoms with Crippen LogP contribution in [0.25, 0.3) is 11.1 Å². The number of benzene rings is 2. The van der Waals surface area contributed by atoms with Gasteiger partial charge in [-0.2, -0.15) is 0 Å². The average molecular weight is 236 g/mol. The Hall–Kier alpha value is -1.17. The number of hydrogen-bond acceptors (Lipinski definition) is 1. The monoisotopic (exact) mass is 235 g/mol. The van der Waals surface area contributed by atoms with Gasteiger partial charge >= 0.3 is 7.15 Å². The zero-order chi connectivity index (χ0) is 10.7. The van der Waals surface area contributed by atoms with Crippen LogP contribution in [0.4, 0.5) is 0 Å². The van der Waals surface area contributed by atoms with Crippen molar-refractivity contribution in [1.82, 2.24) is 0 Å². The van der Waals surface area contributed by atoms with Gasteiger partial charge in [0.15, 0.2) is 0 Å². The van der Waals surface area contributed by atoms with Crippen molar-refractivity contribution in [3.63, 3.8) is 0 Å². The molecule has 0 amide bonds. The molecule has 0 fully saturated rings. The van der Waals surface area contributed by atoms with Crippen molar-refractivity contribution in [2.45, 2.75) is 0 Å². The van der Waals surface area contributed by atoms with Crippen LogP contribution >= 0.6 is 18.4 Å². The van der Waals surface area contributed by atoms with E-state index in [1.54, 1.807) is 6.07 Å². The van der Waals surface area contributed by atoms with Crippen molar-refractivity contribution in [2.24, 2.45) is 0 Å². The zero-order valence-electron chi connectivity index (χ0n) is 7.93. The number of hydrogen-bond donors (Lipinski definition) is 0. The van der Waals surface area contributed by atoms with Crippen molar-refractivity contribution in [2.75, 3.05) is 0 Å². The molecule has 2 aromatic rings. The molecular weight excluding hydrogens is 227 g/mol. The SMILES string of the molecule is O=[P+](Cl)c1ccccc1-c1ccccc1. The standard InChI is InChI=1S/C12H9ClOP/c13-15(14)12-9-5-4-8-11(12)10-6-2-1-3-7-10/h1-9H/q+1. The van der Waals surface area contributed by atoms with E-state index in [9.17, 15) is 4.57 Å². The van der Waals surface area contributed by atoms with Gasteiger partial charge in [-0.3, -0.25) is 0 Å². The molecule has 0 radical (unpaired) electrons. The summed E-state index contributed by atoms with van der Waals surface area (Å²) in [5, 5.41) is 0.695. The van der Waals surface area contributed by atoms with Gasteiger partial charge in [0.05, 0.1) is 0 Å². The molecule has 1 unspecified atom stereocenters. The summed E-state index contributed by atoms with van der Waals surface area (Å²) < 4.78 is 11.4. The second kappa shape index (κ2) is 4.57. The minimum Gasteiger partial charge on any atom is -0.0622 e. The normalized spacial score (nSPS) is 11.1. The summed E-state index contributed by atoms with van der Waals surface area (Å²) >= 11 is 5.67. The molecule has 0 aliphatic rings. The first-order chi connectivity index (χ1) is 7.29. The van der Waals surface area contributed by atoms with Gasteiger partial charge in [0.25, 0.3) is 0 Å². The molecule has 0 spiro atoms. The Morgan fingerprint density at radius 2 is 1.47 bits per heavy atom. The van der Waals surface area contributed by atoms with Gasteiger partial charge in [0, 0.05) is 5.56 Å². The van der Waals surface area contributed by atoms with E-state index in [4.69, 9.17) is 11.2 Å². The van der Waals surface area contributed by atoms with Crippen LogP contribution < -0.4 is 5.30 Å². The van der Waals surface area contributed by atoms with Gasteiger partial charge in [-0.05, 0) is 22.3 Å². The van der Waals surface area contributed by atoms with Crippen molar-refractivity contribution < 1.29 is 4.57 Å². The molecule has 0 aromatic heterocycles. The minimum atomic E-state index is -1.82. The third-order valence-electron chi connectivity index (χ3n) is 2.18. The van der Waals surface area contributed by atoms with Crippen LogP contribution in [-0.2, 0) is 4.57 Å². The highest BCUT2D eigenvalue weighted by molar-refractivity contribution is 7.80. The van der Waals surface area contributed by atoms with Gasteiger partial charge in [-0.25, -0.2) is 0 Å². The summed E-state index contributed by atoms with van der Waals surface area (Å²) in [5.74, 6) is 0. The van der Waals surface area contributed by atoms with Crippen molar-refractivity contribution in [3.8, 4) is 11.1 Å². The van der Waals surface area contributed by atoms with Crippen LogP contribution in [0.2, 0.25) is 0 Å². The predicted octanol–water partition coefficient (Wildman–Crippen LogP) is 3.96. The molecule has 0 heterocycles. The molecule has 0 saturated carbocycles. The maximum absolute atomic E-state index is 11.4. The Kier molecular flexibility index (Phi) is 3.15. The van der Waals surface area contributed by atoms with E-state index in [2.05, 4.69) is 0 Å². The topological polar surface area (TPSA) is 17.1 Å². The first kappa shape index (κ1) is 10.4. The fourth-order valence-corrected chi connectivity index (χ4v) is 2.53. The fraction of sp³-hybridized carbons (Fsp3) is 0. The predicted molar refractivity (Wildman–Crippen MR) is 65.0 cm³/mol. The fourth-order valence-electron chi connectivity index (χ4n) is 1.49. The Bertz CT molecular complexity index is 482. The highest BCUT2D eigenvalue weighted by Crippen LogP contribution is 2.31. The maximum Gasteiger partial charge on any atom is 0.494 e. The summed E-state index contributed by atoms with van der Waals surface area (Å²) in [4.78, 5) is 0. The first-order valence-corrected chi connectivity index (χ1v) is 6.73. The Morgan fingerprint density at radius 1 is 0.867 bits per heavy atom. The number of rotatable bonds is 2. The second-order valence-electron chi connectivity index (χ2n) is 3.13. The lowest BCUT2D eigenvalue weighted by atomic mass is 10.1. The largest absolute Gasteiger partial charge is 0.494 e. The highest BCUT2D eigenvalue weighted by Gasteiger charge is 2.21. The van der Waals surface area contributed by atoms with E-state index in [1.165, 1.54) is 0 Å². The maximum atomic E-state index is 11.4. The molecule has 0 aliphatic carbocycles. The van der Waals surface area contributed by atoms with E-state index < -0.39 is 7.15 Å². The van der Waals surface area contributed by atoms with Gasteiger partial charge in [0.2, 0.25) is 16.5 Å². The highest BCUT2D eigenvalue weighted by atomic mass is 35.7. The second-order valence-corrected chi connectivity index (χ2v) is 5.02. The number of halogens is 1. The third-order valence-corrected chi connectivity index (χ3v) is 3.49. The molecule has 15 heavy (non-hydrogen) atoms. The van der Waals surface area contributed by atoms with E-state index in [0.29, 0.717) is 5.30 Å². The molecule has 0 saturated heterocycles. The van der Waals surface area contributed by atoms with Crippen molar-refractivity contribution in [1.29, 1.82) is 0 Å². The summed E-state index contributed by atoms with van der Waals surface area (Å²) in [6.45, 7) is 0. The van der Waals surface area contributed by atoms with E-state index in [1.807, 2.05) is 48.5 Å². The molecule has 0 bridgehead atoms. The van der Waals surface area contributed by atoms with Crippen LogP contribution in [0.5, 0.6) is 0 Å². The Morgan fingerprint density at radius 3 is 2.13 bits per heavy atom. The molecule has 74 valence electrons. The van der Waals surface area contributed by atoms with Crippen LogP contribution in [-0.4, -0.2) is 0 Å². The van der Waals surface area contributed by atoms with Crippen LogP contribution in [0, 0.1) is 0 Å². The zero-order valence-corrected chi connectivity index (χ0v) is 9.58. The molecular formula is C12H9ClOP+. The van der Waals surface area contributed by atoms with Crippen molar-refractivity contribution >= 4 is 23.7 Å². The van der Waals surface area contributed by atoms with Gasteiger partial charge in [-0.15, -0.1) is 0 Å². The quantitative estimate of drug-likeness (QED) is 0.720. The average Bonchev–Trinajstić information content (AvgIpc) is 2.30. The van der Waals surface area contributed by atoms with E-state index >= 15 is 0 Å². The molecule has 1 nitrogen and oxygen atoms in total.